The van der Waals surface area contributed by atoms with E-state index in [1.54, 1.807) is 30.3 Å². The van der Waals surface area contributed by atoms with Crippen LogP contribution in [0.25, 0.3) is 10.9 Å². The minimum absolute atomic E-state index is 0.0810. The molecule has 1 amide bonds. The lowest BCUT2D eigenvalue weighted by Crippen LogP contribution is -2.14. The summed E-state index contributed by atoms with van der Waals surface area (Å²) in [6.45, 7) is 1.97. The van der Waals surface area contributed by atoms with E-state index in [0.29, 0.717) is 23.4 Å². The van der Waals surface area contributed by atoms with Gasteiger partial charge in [-0.1, -0.05) is 43.3 Å². The van der Waals surface area contributed by atoms with Crippen LogP contribution in [0.5, 0.6) is 0 Å². The van der Waals surface area contributed by atoms with E-state index in [1.807, 2.05) is 37.3 Å². The summed E-state index contributed by atoms with van der Waals surface area (Å²) in [6, 6.07) is 18.2. The van der Waals surface area contributed by atoms with Crippen LogP contribution >= 0.6 is 0 Å². The second-order valence-electron chi connectivity index (χ2n) is 5.60. The molecular formula is C20H18N2O2. The van der Waals surface area contributed by atoms with Crippen molar-refractivity contribution in [2.45, 2.75) is 19.8 Å². The second kappa shape index (κ2) is 7.04. The average molecular weight is 318 g/mol. The van der Waals surface area contributed by atoms with Crippen molar-refractivity contribution in [1.29, 1.82) is 0 Å². The molecule has 0 saturated carbocycles. The SMILES string of the molecule is CCCC(=O)c1cccc(NC(=O)c2ccc3ccccc3n2)c1. The number of nitrogens with one attached hydrogen (secondary N) is 1. The van der Waals surface area contributed by atoms with Crippen molar-refractivity contribution in [3.8, 4) is 0 Å². The minimum atomic E-state index is -0.291. The Balaban J connectivity index is 1.80. The molecule has 0 spiro atoms. The van der Waals surface area contributed by atoms with Crippen molar-refractivity contribution in [3.63, 3.8) is 0 Å². The maximum Gasteiger partial charge on any atom is 0.274 e. The normalized spacial score (nSPS) is 10.5. The van der Waals surface area contributed by atoms with Crippen molar-refractivity contribution < 1.29 is 9.59 Å². The molecule has 0 radical (unpaired) electrons. The third-order valence-corrected chi connectivity index (χ3v) is 3.75. The van der Waals surface area contributed by atoms with E-state index in [2.05, 4.69) is 10.3 Å². The zero-order chi connectivity index (χ0) is 16.9. The Bertz CT molecular complexity index is 903. The van der Waals surface area contributed by atoms with Crippen LogP contribution in [0.4, 0.5) is 5.69 Å². The van der Waals surface area contributed by atoms with Crippen LogP contribution in [-0.2, 0) is 0 Å². The summed E-state index contributed by atoms with van der Waals surface area (Å²) in [6.07, 6.45) is 1.31. The molecule has 0 bridgehead atoms. The van der Waals surface area contributed by atoms with Crippen LogP contribution in [0.15, 0.2) is 60.7 Å². The molecule has 3 rings (SSSR count). The molecule has 1 aromatic heterocycles. The van der Waals surface area contributed by atoms with Gasteiger partial charge in [-0.25, -0.2) is 4.98 Å². The maximum atomic E-state index is 12.4. The molecule has 0 aliphatic rings. The Morgan fingerprint density at radius 1 is 1.00 bits per heavy atom. The van der Waals surface area contributed by atoms with Crippen molar-refractivity contribution in [1.82, 2.24) is 4.98 Å². The highest BCUT2D eigenvalue weighted by Crippen LogP contribution is 2.16. The van der Waals surface area contributed by atoms with E-state index in [4.69, 9.17) is 0 Å². The van der Waals surface area contributed by atoms with Crippen LogP contribution in [0.2, 0.25) is 0 Å². The summed E-state index contributed by atoms with van der Waals surface area (Å²) in [5.41, 5.74) is 2.33. The number of aromatic nitrogens is 1. The molecule has 1 N–H and O–H groups in total. The van der Waals surface area contributed by atoms with E-state index in [-0.39, 0.29) is 11.7 Å². The number of pyridine rings is 1. The topological polar surface area (TPSA) is 59.1 Å². The van der Waals surface area contributed by atoms with Gasteiger partial charge in [-0.2, -0.15) is 0 Å². The minimum Gasteiger partial charge on any atom is -0.321 e. The first kappa shape index (κ1) is 15.9. The largest absolute Gasteiger partial charge is 0.321 e. The monoisotopic (exact) mass is 318 g/mol. The molecule has 4 heteroatoms. The van der Waals surface area contributed by atoms with Crippen LogP contribution < -0.4 is 5.32 Å². The highest BCUT2D eigenvalue weighted by molar-refractivity contribution is 6.05. The molecule has 0 unspecified atom stereocenters. The molecule has 0 aliphatic carbocycles. The van der Waals surface area contributed by atoms with Crippen molar-refractivity contribution in [2.24, 2.45) is 0 Å². The van der Waals surface area contributed by atoms with Gasteiger partial charge in [0.25, 0.3) is 5.91 Å². The molecule has 2 aromatic carbocycles. The van der Waals surface area contributed by atoms with Crippen LogP contribution in [-0.4, -0.2) is 16.7 Å². The summed E-state index contributed by atoms with van der Waals surface area (Å²) in [7, 11) is 0. The van der Waals surface area contributed by atoms with E-state index < -0.39 is 0 Å². The number of nitrogens with zero attached hydrogens (tertiary/aromatic N) is 1. The van der Waals surface area contributed by atoms with Gasteiger partial charge in [-0.15, -0.1) is 0 Å². The lowest BCUT2D eigenvalue weighted by Gasteiger charge is -2.07. The number of hydrogen-bond donors (Lipinski definition) is 1. The van der Waals surface area contributed by atoms with Gasteiger partial charge in [-0.05, 0) is 30.7 Å². The van der Waals surface area contributed by atoms with Gasteiger partial charge >= 0.3 is 0 Å². The Morgan fingerprint density at radius 2 is 1.83 bits per heavy atom. The molecule has 0 fully saturated rings. The van der Waals surface area contributed by atoms with E-state index in [9.17, 15) is 9.59 Å². The van der Waals surface area contributed by atoms with Crippen LogP contribution in [0.1, 0.15) is 40.6 Å². The van der Waals surface area contributed by atoms with E-state index >= 15 is 0 Å². The van der Waals surface area contributed by atoms with Gasteiger partial charge in [0.05, 0.1) is 5.52 Å². The van der Waals surface area contributed by atoms with Crippen LogP contribution in [0, 0.1) is 0 Å². The number of hydrogen-bond acceptors (Lipinski definition) is 3. The first-order valence-electron chi connectivity index (χ1n) is 7.98. The number of amides is 1. The number of benzene rings is 2. The highest BCUT2D eigenvalue weighted by Gasteiger charge is 2.10. The standard InChI is InChI=1S/C20H18N2O2/c1-2-6-19(23)15-8-5-9-16(13-15)21-20(24)18-12-11-14-7-3-4-10-17(14)22-18/h3-5,7-13H,2,6H2,1H3,(H,21,24). The van der Waals surface area contributed by atoms with Crippen LogP contribution in [0.3, 0.4) is 0 Å². The summed E-state index contributed by atoms with van der Waals surface area (Å²) < 4.78 is 0. The smallest absolute Gasteiger partial charge is 0.274 e. The molecule has 0 atom stereocenters. The fourth-order valence-corrected chi connectivity index (χ4v) is 2.53. The van der Waals surface area contributed by atoms with Gasteiger partial charge in [0, 0.05) is 23.1 Å². The van der Waals surface area contributed by atoms with E-state index in [0.717, 1.165) is 17.3 Å². The summed E-state index contributed by atoms with van der Waals surface area (Å²) >= 11 is 0. The molecule has 4 nitrogen and oxygen atoms in total. The maximum absolute atomic E-state index is 12.4. The van der Waals surface area contributed by atoms with Crippen molar-refractivity contribution in [3.05, 3.63) is 71.9 Å². The number of ketones is 1. The highest BCUT2D eigenvalue weighted by atomic mass is 16.2. The number of carbonyl (C=O) groups excluding carboxylic acids is 2. The molecule has 120 valence electrons. The molecule has 24 heavy (non-hydrogen) atoms. The van der Waals surface area contributed by atoms with Gasteiger partial charge in [0.15, 0.2) is 5.78 Å². The molecule has 3 aromatic rings. The Kier molecular flexibility index (Phi) is 4.66. The second-order valence-corrected chi connectivity index (χ2v) is 5.60. The first-order chi connectivity index (χ1) is 11.7. The molecular weight excluding hydrogens is 300 g/mol. The van der Waals surface area contributed by atoms with Gasteiger partial charge < -0.3 is 5.32 Å². The van der Waals surface area contributed by atoms with Gasteiger partial charge in [-0.3, -0.25) is 9.59 Å². The number of Topliss-reactive ketones (excluding diaryl/α,β-unsaturated/α-hetero) is 1. The van der Waals surface area contributed by atoms with Crippen molar-refractivity contribution >= 4 is 28.3 Å². The number of para-hydroxylation sites is 1. The fraction of sp³-hybridized carbons (Fsp3) is 0.150. The fourth-order valence-electron chi connectivity index (χ4n) is 2.53. The summed E-state index contributed by atoms with van der Waals surface area (Å²) in [4.78, 5) is 28.8. The Labute approximate surface area is 140 Å². The van der Waals surface area contributed by atoms with E-state index in [1.165, 1.54) is 0 Å². The Morgan fingerprint density at radius 3 is 2.67 bits per heavy atom. The number of carbonyl (C=O) groups is 2. The summed E-state index contributed by atoms with van der Waals surface area (Å²) in [5, 5.41) is 3.79. The number of anilines is 1. The Hall–Kier alpha value is -3.01. The van der Waals surface area contributed by atoms with Gasteiger partial charge in [0.2, 0.25) is 0 Å². The zero-order valence-corrected chi connectivity index (χ0v) is 13.5. The molecule has 1 heterocycles. The number of rotatable bonds is 5. The predicted molar refractivity (Wildman–Crippen MR) is 95.4 cm³/mol. The average Bonchev–Trinajstić information content (AvgIpc) is 2.61. The van der Waals surface area contributed by atoms with Crippen molar-refractivity contribution in [2.75, 3.05) is 5.32 Å². The molecule has 0 aliphatic heterocycles. The third kappa shape index (κ3) is 3.49. The zero-order valence-electron chi connectivity index (χ0n) is 13.5. The quantitative estimate of drug-likeness (QED) is 0.706. The lowest BCUT2D eigenvalue weighted by atomic mass is 10.1. The third-order valence-electron chi connectivity index (χ3n) is 3.75. The first-order valence-corrected chi connectivity index (χ1v) is 7.98. The lowest BCUT2D eigenvalue weighted by molar-refractivity contribution is 0.0979. The predicted octanol–water partition coefficient (Wildman–Crippen LogP) is 4.47. The molecule has 0 saturated heterocycles. The van der Waals surface area contributed by atoms with Gasteiger partial charge in [0.1, 0.15) is 5.69 Å². The summed E-state index contributed by atoms with van der Waals surface area (Å²) in [5.74, 6) is -0.210. The number of fused-ring (bicyclic) bond motifs is 1.